The fourth-order valence-corrected chi connectivity index (χ4v) is 3.77. The van der Waals surface area contributed by atoms with Crippen LogP contribution in [0.1, 0.15) is 30.0 Å². The van der Waals surface area contributed by atoms with Crippen LogP contribution in [-0.2, 0) is 11.3 Å². The molecule has 3 rings (SSSR count). The quantitative estimate of drug-likeness (QED) is 0.783. The minimum Gasteiger partial charge on any atom is -0.497 e. The van der Waals surface area contributed by atoms with E-state index in [4.69, 9.17) is 21.1 Å². The second kappa shape index (κ2) is 9.11. The third-order valence-corrected chi connectivity index (χ3v) is 5.12. The number of carbonyl (C=O) groups is 1. The van der Waals surface area contributed by atoms with Crippen LogP contribution >= 0.6 is 11.6 Å². The molecule has 1 fully saturated rings. The first-order valence-corrected chi connectivity index (χ1v) is 9.45. The van der Waals surface area contributed by atoms with Gasteiger partial charge >= 0.3 is 0 Å². The van der Waals surface area contributed by atoms with Gasteiger partial charge in [0.15, 0.2) is 0 Å². The third kappa shape index (κ3) is 4.93. The molecule has 27 heavy (non-hydrogen) atoms. The summed E-state index contributed by atoms with van der Waals surface area (Å²) in [6.45, 7) is 1.71. The van der Waals surface area contributed by atoms with Gasteiger partial charge in [-0.25, -0.2) is 0 Å². The van der Waals surface area contributed by atoms with E-state index in [9.17, 15) is 4.79 Å². The second-order valence-electron chi connectivity index (χ2n) is 6.64. The van der Waals surface area contributed by atoms with Gasteiger partial charge in [-0.05, 0) is 55.3 Å². The molecule has 1 atom stereocenters. The molecule has 0 radical (unpaired) electrons. The Labute approximate surface area is 165 Å². The second-order valence-corrected chi connectivity index (χ2v) is 7.08. The van der Waals surface area contributed by atoms with Gasteiger partial charge in [-0.15, -0.1) is 0 Å². The van der Waals surface area contributed by atoms with Gasteiger partial charge in [0.1, 0.15) is 11.5 Å². The lowest BCUT2D eigenvalue weighted by Gasteiger charge is -2.26. The molecule has 5 nitrogen and oxygen atoms in total. The molecule has 1 unspecified atom stereocenters. The Hall–Kier alpha value is -2.24. The SMILES string of the molecule is COc1ccc(OC)c(C2CCCN2CC(=O)NCc2cccc(Cl)c2)c1. The number of hydrogen-bond acceptors (Lipinski definition) is 4. The number of hydrogen-bond donors (Lipinski definition) is 1. The Morgan fingerprint density at radius 3 is 2.81 bits per heavy atom. The maximum absolute atomic E-state index is 12.5. The minimum atomic E-state index is 0.00346. The molecule has 144 valence electrons. The molecule has 1 aliphatic rings. The number of amides is 1. The lowest BCUT2D eigenvalue weighted by atomic mass is 10.0. The number of nitrogens with zero attached hydrogens (tertiary/aromatic N) is 1. The van der Waals surface area contributed by atoms with Crippen molar-refractivity contribution in [2.24, 2.45) is 0 Å². The molecular formula is C21H25ClN2O3. The Morgan fingerprint density at radius 2 is 2.07 bits per heavy atom. The van der Waals surface area contributed by atoms with Crippen LogP contribution in [0.4, 0.5) is 0 Å². The molecule has 0 spiro atoms. The summed E-state index contributed by atoms with van der Waals surface area (Å²) < 4.78 is 10.9. The number of nitrogens with one attached hydrogen (secondary N) is 1. The van der Waals surface area contributed by atoms with Gasteiger partial charge in [0.25, 0.3) is 0 Å². The Kier molecular flexibility index (Phi) is 6.58. The first-order valence-electron chi connectivity index (χ1n) is 9.08. The van der Waals surface area contributed by atoms with Crippen LogP contribution in [0, 0.1) is 0 Å². The number of carbonyl (C=O) groups excluding carboxylic acids is 1. The molecule has 0 bridgehead atoms. The van der Waals surface area contributed by atoms with Gasteiger partial charge in [-0.2, -0.15) is 0 Å². The molecule has 1 amide bonds. The van der Waals surface area contributed by atoms with Crippen molar-refractivity contribution in [3.8, 4) is 11.5 Å². The fraction of sp³-hybridized carbons (Fsp3) is 0.381. The Bertz CT molecular complexity index is 797. The predicted octanol–water partition coefficient (Wildman–Crippen LogP) is 3.81. The van der Waals surface area contributed by atoms with Gasteiger partial charge in [0, 0.05) is 23.2 Å². The predicted molar refractivity (Wildman–Crippen MR) is 106 cm³/mol. The van der Waals surface area contributed by atoms with Crippen molar-refractivity contribution in [1.82, 2.24) is 10.2 Å². The molecular weight excluding hydrogens is 364 g/mol. The summed E-state index contributed by atoms with van der Waals surface area (Å²) in [4.78, 5) is 14.7. The number of halogens is 1. The van der Waals surface area contributed by atoms with E-state index in [0.29, 0.717) is 18.1 Å². The molecule has 2 aromatic rings. The van der Waals surface area contributed by atoms with E-state index in [1.807, 2.05) is 42.5 Å². The molecule has 6 heteroatoms. The highest BCUT2D eigenvalue weighted by atomic mass is 35.5. The summed E-state index contributed by atoms with van der Waals surface area (Å²) in [7, 11) is 3.32. The van der Waals surface area contributed by atoms with E-state index in [-0.39, 0.29) is 11.9 Å². The van der Waals surface area contributed by atoms with Crippen LogP contribution in [-0.4, -0.2) is 38.1 Å². The van der Waals surface area contributed by atoms with Crippen LogP contribution < -0.4 is 14.8 Å². The molecule has 1 N–H and O–H groups in total. The number of methoxy groups -OCH3 is 2. The zero-order valence-corrected chi connectivity index (χ0v) is 16.5. The van der Waals surface area contributed by atoms with Crippen LogP contribution in [0.3, 0.4) is 0 Å². The number of ether oxygens (including phenoxy) is 2. The van der Waals surface area contributed by atoms with Crippen molar-refractivity contribution in [1.29, 1.82) is 0 Å². The van der Waals surface area contributed by atoms with E-state index in [1.54, 1.807) is 14.2 Å². The standard InChI is InChI=1S/C21H25ClN2O3/c1-26-17-8-9-20(27-2)18(12-17)19-7-4-10-24(19)14-21(25)23-13-15-5-3-6-16(22)11-15/h3,5-6,8-9,11-12,19H,4,7,10,13-14H2,1-2H3,(H,23,25). The molecule has 0 aliphatic carbocycles. The zero-order valence-electron chi connectivity index (χ0n) is 15.7. The average molecular weight is 389 g/mol. The maximum atomic E-state index is 12.5. The smallest absolute Gasteiger partial charge is 0.234 e. The number of likely N-dealkylation sites (tertiary alicyclic amines) is 1. The van der Waals surface area contributed by atoms with E-state index >= 15 is 0 Å². The van der Waals surface area contributed by atoms with Crippen molar-refractivity contribution in [3.05, 3.63) is 58.6 Å². The lowest BCUT2D eigenvalue weighted by Crippen LogP contribution is -2.36. The highest BCUT2D eigenvalue weighted by molar-refractivity contribution is 6.30. The summed E-state index contributed by atoms with van der Waals surface area (Å²) in [5, 5.41) is 3.65. The lowest BCUT2D eigenvalue weighted by molar-refractivity contribution is -0.122. The molecule has 0 saturated carbocycles. The van der Waals surface area contributed by atoms with E-state index in [2.05, 4.69) is 10.2 Å². The summed E-state index contributed by atoms with van der Waals surface area (Å²) in [5.41, 5.74) is 2.06. The number of rotatable bonds is 7. The van der Waals surface area contributed by atoms with E-state index < -0.39 is 0 Å². The number of benzene rings is 2. The first-order chi connectivity index (χ1) is 13.1. The molecule has 1 heterocycles. The average Bonchev–Trinajstić information content (AvgIpc) is 3.13. The summed E-state index contributed by atoms with van der Waals surface area (Å²) >= 11 is 5.99. The van der Waals surface area contributed by atoms with Crippen LogP contribution in [0.15, 0.2) is 42.5 Å². The van der Waals surface area contributed by atoms with E-state index in [1.165, 1.54) is 0 Å². The van der Waals surface area contributed by atoms with Gasteiger partial charge in [-0.1, -0.05) is 23.7 Å². The Morgan fingerprint density at radius 1 is 1.22 bits per heavy atom. The summed E-state index contributed by atoms with van der Waals surface area (Å²) in [6.07, 6.45) is 2.04. The summed E-state index contributed by atoms with van der Waals surface area (Å²) in [6, 6.07) is 13.5. The molecule has 2 aromatic carbocycles. The third-order valence-electron chi connectivity index (χ3n) is 4.88. The highest BCUT2D eigenvalue weighted by Gasteiger charge is 2.30. The Balaban J connectivity index is 1.65. The van der Waals surface area contributed by atoms with Crippen molar-refractivity contribution < 1.29 is 14.3 Å². The van der Waals surface area contributed by atoms with Crippen molar-refractivity contribution in [2.75, 3.05) is 27.3 Å². The van der Waals surface area contributed by atoms with E-state index in [0.717, 1.165) is 42.0 Å². The topological polar surface area (TPSA) is 50.8 Å². The molecule has 1 saturated heterocycles. The monoisotopic (exact) mass is 388 g/mol. The van der Waals surface area contributed by atoms with Gasteiger partial charge in [0.05, 0.1) is 20.8 Å². The van der Waals surface area contributed by atoms with Gasteiger partial charge in [-0.3, -0.25) is 9.69 Å². The van der Waals surface area contributed by atoms with Gasteiger partial charge < -0.3 is 14.8 Å². The van der Waals surface area contributed by atoms with Crippen LogP contribution in [0.2, 0.25) is 5.02 Å². The summed E-state index contributed by atoms with van der Waals surface area (Å²) in [5.74, 6) is 1.62. The largest absolute Gasteiger partial charge is 0.497 e. The first kappa shape index (κ1) is 19.5. The fourth-order valence-electron chi connectivity index (χ4n) is 3.56. The molecule has 1 aliphatic heterocycles. The van der Waals surface area contributed by atoms with Crippen molar-refractivity contribution >= 4 is 17.5 Å². The van der Waals surface area contributed by atoms with Crippen LogP contribution in [0.25, 0.3) is 0 Å². The molecule has 0 aromatic heterocycles. The van der Waals surface area contributed by atoms with Crippen molar-refractivity contribution in [2.45, 2.75) is 25.4 Å². The minimum absolute atomic E-state index is 0.00346. The highest BCUT2D eigenvalue weighted by Crippen LogP contribution is 2.38. The van der Waals surface area contributed by atoms with Crippen molar-refractivity contribution in [3.63, 3.8) is 0 Å². The maximum Gasteiger partial charge on any atom is 0.234 e. The van der Waals surface area contributed by atoms with Gasteiger partial charge in [0.2, 0.25) is 5.91 Å². The van der Waals surface area contributed by atoms with Crippen LogP contribution in [0.5, 0.6) is 11.5 Å². The zero-order chi connectivity index (χ0) is 19.2. The normalized spacial score (nSPS) is 16.9.